The lowest BCUT2D eigenvalue weighted by Crippen LogP contribution is -2.33. The van der Waals surface area contributed by atoms with Gasteiger partial charge in [0.25, 0.3) is 5.91 Å². The Labute approximate surface area is 145 Å². The van der Waals surface area contributed by atoms with E-state index in [1.54, 1.807) is 17.0 Å². The highest BCUT2D eigenvalue weighted by Gasteiger charge is 2.47. The molecule has 122 valence electrons. The summed E-state index contributed by atoms with van der Waals surface area (Å²) >= 11 is 0. The molecule has 0 saturated carbocycles. The van der Waals surface area contributed by atoms with Gasteiger partial charge in [0.15, 0.2) is 0 Å². The van der Waals surface area contributed by atoms with Crippen molar-refractivity contribution in [2.45, 2.75) is 6.04 Å². The molecule has 3 aromatic carbocycles. The smallest absolute Gasteiger partial charge is 0.277 e. The summed E-state index contributed by atoms with van der Waals surface area (Å²) in [6, 6.07) is 26.7. The number of para-hydroxylation sites is 2. The van der Waals surface area contributed by atoms with Gasteiger partial charge in [0.2, 0.25) is 0 Å². The Bertz CT molecular complexity index is 837. The van der Waals surface area contributed by atoms with Crippen LogP contribution in [0.2, 0.25) is 0 Å². The summed E-state index contributed by atoms with van der Waals surface area (Å²) in [7, 11) is 0. The van der Waals surface area contributed by atoms with Crippen molar-refractivity contribution < 1.29 is 9.59 Å². The molecule has 4 rings (SSSR count). The number of urea groups is 1. The standard InChI is InChI=1S/C21H16N2O2/c24-20-19(16-10-4-1-5-11-16)22(17-12-6-2-7-13-17)21(25)23(20)18-14-8-3-9-15-18/h1-15,19H/t19-/m0/s1. The molecule has 3 amide bonds. The zero-order valence-electron chi connectivity index (χ0n) is 13.4. The molecule has 1 saturated heterocycles. The third-order valence-electron chi connectivity index (χ3n) is 4.27. The summed E-state index contributed by atoms with van der Waals surface area (Å²) in [4.78, 5) is 29.1. The van der Waals surface area contributed by atoms with Crippen LogP contribution in [0.4, 0.5) is 16.2 Å². The molecule has 4 heteroatoms. The predicted octanol–water partition coefficient (Wildman–Crippen LogP) is 4.40. The molecular weight excluding hydrogens is 312 g/mol. The Morgan fingerprint density at radius 1 is 0.600 bits per heavy atom. The molecule has 0 aromatic heterocycles. The predicted molar refractivity (Wildman–Crippen MR) is 97.4 cm³/mol. The number of hydrogen-bond donors (Lipinski definition) is 0. The first-order valence-electron chi connectivity index (χ1n) is 8.09. The molecule has 0 radical (unpaired) electrons. The van der Waals surface area contributed by atoms with Gasteiger partial charge in [0.05, 0.1) is 5.69 Å². The van der Waals surface area contributed by atoms with Crippen LogP contribution in [0, 0.1) is 0 Å². The van der Waals surface area contributed by atoms with E-state index >= 15 is 0 Å². The normalized spacial score (nSPS) is 17.2. The number of carbonyl (C=O) groups is 2. The zero-order valence-corrected chi connectivity index (χ0v) is 13.4. The maximum Gasteiger partial charge on any atom is 0.336 e. The second kappa shape index (κ2) is 6.24. The molecule has 1 fully saturated rings. The molecule has 1 aliphatic rings. The average molecular weight is 328 g/mol. The Kier molecular flexibility index (Phi) is 3.78. The maximum atomic E-state index is 13.2. The number of amides is 3. The lowest BCUT2D eigenvalue weighted by Gasteiger charge is -2.22. The number of imide groups is 1. The maximum absolute atomic E-state index is 13.2. The van der Waals surface area contributed by atoms with Crippen LogP contribution in [0.25, 0.3) is 0 Å². The van der Waals surface area contributed by atoms with Crippen molar-refractivity contribution in [3.8, 4) is 0 Å². The number of hydrogen-bond acceptors (Lipinski definition) is 2. The van der Waals surface area contributed by atoms with Gasteiger partial charge in [-0.3, -0.25) is 9.69 Å². The van der Waals surface area contributed by atoms with Crippen LogP contribution in [0.15, 0.2) is 91.0 Å². The Balaban J connectivity index is 1.85. The van der Waals surface area contributed by atoms with E-state index < -0.39 is 6.04 Å². The van der Waals surface area contributed by atoms with E-state index in [-0.39, 0.29) is 11.9 Å². The summed E-state index contributed by atoms with van der Waals surface area (Å²) in [5, 5.41) is 0. The monoisotopic (exact) mass is 328 g/mol. The molecule has 25 heavy (non-hydrogen) atoms. The van der Waals surface area contributed by atoms with Crippen LogP contribution in [0.5, 0.6) is 0 Å². The average Bonchev–Trinajstić information content (AvgIpc) is 2.94. The van der Waals surface area contributed by atoms with Gasteiger partial charge in [-0.1, -0.05) is 66.7 Å². The fourth-order valence-corrected chi connectivity index (χ4v) is 3.13. The number of benzene rings is 3. The SMILES string of the molecule is O=C1[C@H](c2ccccc2)N(c2ccccc2)C(=O)N1c1ccccc1. The van der Waals surface area contributed by atoms with Gasteiger partial charge in [-0.2, -0.15) is 0 Å². The molecule has 4 nitrogen and oxygen atoms in total. The van der Waals surface area contributed by atoms with Crippen LogP contribution in [0.3, 0.4) is 0 Å². The van der Waals surface area contributed by atoms with Crippen molar-refractivity contribution in [3.05, 3.63) is 96.6 Å². The van der Waals surface area contributed by atoms with Crippen LogP contribution in [0.1, 0.15) is 11.6 Å². The fraction of sp³-hybridized carbons (Fsp3) is 0.0476. The van der Waals surface area contributed by atoms with Crippen molar-refractivity contribution >= 4 is 23.3 Å². The van der Waals surface area contributed by atoms with E-state index in [1.807, 2.05) is 78.9 Å². The minimum atomic E-state index is -0.670. The third-order valence-corrected chi connectivity index (χ3v) is 4.27. The van der Waals surface area contributed by atoms with E-state index in [0.717, 1.165) is 5.56 Å². The molecule has 1 atom stereocenters. The lowest BCUT2D eigenvalue weighted by molar-refractivity contribution is -0.118. The molecule has 0 spiro atoms. The highest BCUT2D eigenvalue weighted by molar-refractivity contribution is 6.28. The van der Waals surface area contributed by atoms with Crippen molar-refractivity contribution in [2.75, 3.05) is 9.80 Å². The zero-order chi connectivity index (χ0) is 17.2. The Morgan fingerprint density at radius 3 is 1.64 bits per heavy atom. The molecule has 0 aliphatic carbocycles. The minimum absolute atomic E-state index is 0.244. The summed E-state index contributed by atoms with van der Waals surface area (Å²) in [5.41, 5.74) is 2.08. The van der Waals surface area contributed by atoms with Crippen LogP contribution in [-0.4, -0.2) is 11.9 Å². The Hall–Kier alpha value is -3.40. The molecule has 0 bridgehead atoms. The first kappa shape index (κ1) is 15.1. The van der Waals surface area contributed by atoms with Crippen molar-refractivity contribution in [1.82, 2.24) is 0 Å². The molecule has 0 N–H and O–H groups in total. The second-order valence-electron chi connectivity index (χ2n) is 5.81. The first-order valence-corrected chi connectivity index (χ1v) is 8.09. The Morgan fingerprint density at radius 2 is 1.08 bits per heavy atom. The number of carbonyl (C=O) groups excluding carboxylic acids is 2. The third kappa shape index (κ3) is 2.58. The van der Waals surface area contributed by atoms with E-state index in [4.69, 9.17) is 0 Å². The van der Waals surface area contributed by atoms with E-state index in [0.29, 0.717) is 11.4 Å². The number of anilines is 2. The number of rotatable bonds is 3. The van der Waals surface area contributed by atoms with E-state index in [1.165, 1.54) is 4.90 Å². The molecule has 3 aromatic rings. The van der Waals surface area contributed by atoms with E-state index in [9.17, 15) is 9.59 Å². The lowest BCUT2D eigenvalue weighted by atomic mass is 10.1. The van der Waals surface area contributed by atoms with Gasteiger partial charge in [0.1, 0.15) is 6.04 Å². The van der Waals surface area contributed by atoms with Crippen LogP contribution >= 0.6 is 0 Å². The summed E-state index contributed by atoms with van der Waals surface area (Å²) in [6.45, 7) is 0. The fourth-order valence-electron chi connectivity index (χ4n) is 3.13. The molecule has 1 aliphatic heterocycles. The van der Waals surface area contributed by atoms with Crippen molar-refractivity contribution in [1.29, 1.82) is 0 Å². The largest absolute Gasteiger partial charge is 0.336 e. The number of nitrogens with zero attached hydrogens (tertiary/aromatic N) is 2. The van der Waals surface area contributed by atoms with E-state index in [2.05, 4.69) is 0 Å². The highest BCUT2D eigenvalue weighted by Crippen LogP contribution is 2.37. The van der Waals surface area contributed by atoms with Crippen LogP contribution in [-0.2, 0) is 4.79 Å². The highest BCUT2D eigenvalue weighted by atomic mass is 16.2. The summed E-state index contributed by atoms with van der Waals surface area (Å²) in [5.74, 6) is -0.244. The van der Waals surface area contributed by atoms with Gasteiger partial charge in [-0.05, 0) is 29.8 Å². The second-order valence-corrected chi connectivity index (χ2v) is 5.81. The van der Waals surface area contributed by atoms with Gasteiger partial charge < -0.3 is 0 Å². The summed E-state index contributed by atoms with van der Waals surface area (Å²) < 4.78 is 0. The van der Waals surface area contributed by atoms with Gasteiger partial charge in [-0.25, -0.2) is 9.69 Å². The molecule has 0 unspecified atom stereocenters. The first-order chi connectivity index (χ1) is 12.3. The van der Waals surface area contributed by atoms with Gasteiger partial charge in [0, 0.05) is 5.69 Å². The van der Waals surface area contributed by atoms with Crippen molar-refractivity contribution in [3.63, 3.8) is 0 Å². The summed E-state index contributed by atoms with van der Waals surface area (Å²) in [6.07, 6.45) is 0. The van der Waals surface area contributed by atoms with Gasteiger partial charge >= 0.3 is 6.03 Å². The van der Waals surface area contributed by atoms with Gasteiger partial charge in [-0.15, -0.1) is 0 Å². The minimum Gasteiger partial charge on any atom is -0.277 e. The molecule has 1 heterocycles. The van der Waals surface area contributed by atoms with Crippen molar-refractivity contribution in [2.24, 2.45) is 0 Å². The topological polar surface area (TPSA) is 40.6 Å². The van der Waals surface area contributed by atoms with Crippen LogP contribution < -0.4 is 9.80 Å². The quantitative estimate of drug-likeness (QED) is 0.669. The molecular formula is C21H16N2O2.